The SMILES string of the molecule is CC(C)(C)C1=CC(N)CC1. The normalized spacial score (nSPS) is 26.8. The zero-order chi connectivity index (χ0) is 7.78. The molecule has 0 aliphatic heterocycles. The molecule has 0 bridgehead atoms. The van der Waals surface area contributed by atoms with E-state index in [-0.39, 0.29) is 0 Å². The van der Waals surface area contributed by atoms with Crippen molar-refractivity contribution in [2.75, 3.05) is 0 Å². The number of nitrogens with two attached hydrogens (primary N) is 1. The van der Waals surface area contributed by atoms with Gasteiger partial charge in [-0.1, -0.05) is 32.4 Å². The molecule has 0 spiro atoms. The molecule has 10 heavy (non-hydrogen) atoms. The monoisotopic (exact) mass is 139 g/mol. The molecule has 0 saturated heterocycles. The predicted molar refractivity (Wildman–Crippen MR) is 44.7 cm³/mol. The first-order chi connectivity index (χ1) is 4.50. The first kappa shape index (κ1) is 7.80. The molecule has 0 heterocycles. The average Bonchev–Trinajstić information content (AvgIpc) is 2.11. The van der Waals surface area contributed by atoms with Crippen molar-refractivity contribution in [3.8, 4) is 0 Å². The zero-order valence-corrected chi connectivity index (χ0v) is 7.15. The van der Waals surface area contributed by atoms with Crippen LogP contribution in [0.5, 0.6) is 0 Å². The fourth-order valence-corrected chi connectivity index (χ4v) is 1.37. The Morgan fingerprint density at radius 2 is 2.10 bits per heavy atom. The van der Waals surface area contributed by atoms with Crippen LogP contribution in [-0.2, 0) is 0 Å². The van der Waals surface area contributed by atoms with Crippen molar-refractivity contribution in [3.63, 3.8) is 0 Å². The minimum absolute atomic E-state index is 0.328. The highest BCUT2D eigenvalue weighted by molar-refractivity contribution is 5.19. The molecule has 0 aromatic heterocycles. The second-order valence-electron chi connectivity index (χ2n) is 4.14. The minimum atomic E-state index is 0.328. The van der Waals surface area contributed by atoms with E-state index in [9.17, 15) is 0 Å². The van der Waals surface area contributed by atoms with Gasteiger partial charge in [0.2, 0.25) is 0 Å². The molecular formula is C9H17N. The van der Waals surface area contributed by atoms with E-state index in [1.807, 2.05) is 0 Å². The summed E-state index contributed by atoms with van der Waals surface area (Å²) >= 11 is 0. The van der Waals surface area contributed by atoms with Crippen molar-refractivity contribution < 1.29 is 0 Å². The van der Waals surface area contributed by atoms with Gasteiger partial charge in [0.1, 0.15) is 0 Å². The minimum Gasteiger partial charge on any atom is -0.324 e. The van der Waals surface area contributed by atoms with Crippen LogP contribution in [0, 0.1) is 5.41 Å². The lowest BCUT2D eigenvalue weighted by Crippen LogP contribution is -2.12. The summed E-state index contributed by atoms with van der Waals surface area (Å²) in [5.41, 5.74) is 7.61. The second-order valence-corrected chi connectivity index (χ2v) is 4.14. The summed E-state index contributed by atoms with van der Waals surface area (Å²) in [5, 5.41) is 0. The van der Waals surface area contributed by atoms with Crippen LogP contribution in [0.2, 0.25) is 0 Å². The van der Waals surface area contributed by atoms with Gasteiger partial charge in [0.25, 0.3) is 0 Å². The van der Waals surface area contributed by atoms with Crippen molar-refractivity contribution in [1.82, 2.24) is 0 Å². The van der Waals surface area contributed by atoms with E-state index in [0.717, 1.165) is 6.42 Å². The standard InChI is InChI=1S/C9H17N/c1-9(2,3)7-4-5-8(10)6-7/h6,8H,4-5,10H2,1-3H3. The Hall–Kier alpha value is -0.300. The molecule has 1 nitrogen and oxygen atoms in total. The summed E-state index contributed by atoms with van der Waals surface area (Å²) in [6.07, 6.45) is 4.57. The van der Waals surface area contributed by atoms with Crippen molar-refractivity contribution in [1.29, 1.82) is 0 Å². The summed E-state index contributed by atoms with van der Waals surface area (Å²) in [7, 11) is 0. The van der Waals surface area contributed by atoms with Gasteiger partial charge in [-0.3, -0.25) is 0 Å². The largest absolute Gasteiger partial charge is 0.324 e. The number of hydrogen-bond donors (Lipinski definition) is 1. The van der Waals surface area contributed by atoms with E-state index in [2.05, 4.69) is 26.8 Å². The van der Waals surface area contributed by atoms with Gasteiger partial charge >= 0.3 is 0 Å². The van der Waals surface area contributed by atoms with E-state index in [4.69, 9.17) is 5.73 Å². The third-order valence-corrected chi connectivity index (χ3v) is 2.13. The Balaban J connectivity index is 2.67. The number of hydrogen-bond acceptors (Lipinski definition) is 1. The van der Waals surface area contributed by atoms with Crippen LogP contribution in [0.15, 0.2) is 11.6 Å². The Morgan fingerprint density at radius 3 is 2.30 bits per heavy atom. The van der Waals surface area contributed by atoms with Crippen molar-refractivity contribution in [2.45, 2.75) is 39.7 Å². The van der Waals surface area contributed by atoms with Crippen LogP contribution in [0.25, 0.3) is 0 Å². The molecule has 1 aliphatic carbocycles. The Kier molecular flexibility index (Phi) is 1.86. The third kappa shape index (κ3) is 1.60. The molecule has 58 valence electrons. The summed E-state index contributed by atoms with van der Waals surface area (Å²) in [6, 6.07) is 0.328. The van der Waals surface area contributed by atoms with Gasteiger partial charge in [-0.05, 0) is 18.3 Å². The van der Waals surface area contributed by atoms with Crippen LogP contribution < -0.4 is 5.73 Å². The van der Waals surface area contributed by atoms with Gasteiger partial charge in [0.15, 0.2) is 0 Å². The second kappa shape index (κ2) is 2.39. The van der Waals surface area contributed by atoms with E-state index in [1.54, 1.807) is 0 Å². The first-order valence-electron chi connectivity index (χ1n) is 3.97. The first-order valence-corrected chi connectivity index (χ1v) is 3.97. The molecule has 2 N–H and O–H groups in total. The highest BCUT2D eigenvalue weighted by Gasteiger charge is 2.22. The fourth-order valence-electron chi connectivity index (χ4n) is 1.37. The highest BCUT2D eigenvalue weighted by atomic mass is 14.6. The van der Waals surface area contributed by atoms with Crippen molar-refractivity contribution >= 4 is 0 Å². The topological polar surface area (TPSA) is 26.0 Å². The lowest BCUT2D eigenvalue weighted by atomic mass is 9.86. The molecular weight excluding hydrogens is 122 g/mol. The maximum atomic E-state index is 5.75. The predicted octanol–water partition coefficient (Wildman–Crippen LogP) is 2.08. The van der Waals surface area contributed by atoms with E-state index in [1.165, 1.54) is 12.0 Å². The van der Waals surface area contributed by atoms with E-state index >= 15 is 0 Å². The summed E-state index contributed by atoms with van der Waals surface area (Å²) in [5.74, 6) is 0. The van der Waals surface area contributed by atoms with Crippen LogP contribution in [-0.4, -0.2) is 6.04 Å². The average molecular weight is 139 g/mol. The number of allylic oxidation sites excluding steroid dienone is 1. The highest BCUT2D eigenvalue weighted by Crippen LogP contribution is 2.33. The molecule has 0 aromatic carbocycles. The lowest BCUT2D eigenvalue weighted by molar-refractivity contribution is 0.489. The van der Waals surface area contributed by atoms with Gasteiger partial charge in [0, 0.05) is 6.04 Å². The zero-order valence-electron chi connectivity index (χ0n) is 7.15. The lowest BCUT2D eigenvalue weighted by Gasteiger charge is -2.19. The Bertz CT molecular complexity index is 151. The van der Waals surface area contributed by atoms with E-state index in [0.29, 0.717) is 11.5 Å². The van der Waals surface area contributed by atoms with Gasteiger partial charge in [-0.15, -0.1) is 0 Å². The Morgan fingerprint density at radius 1 is 1.50 bits per heavy atom. The Labute approximate surface area is 63.3 Å². The molecule has 1 rings (SSSR count). The van der Waals surface area contributed by atoms with Crippen LogP contribution in [0.3, 0.4) is 0 Å². The molecule has 1 aliphatic rings. The molecule has 0 aromatic rings. The summed E-state index contributed by atoms with van der Waals surface area (Å²) < 4.78 is 0. The van der Waals surface area contributed by atoms with Crippen molar-refractivity contribution in [3.05, 3.63) is 11.6 Å². The maximum absolute atomic E-state index is 5.75. The van der Waals surface area contributed by atoms with Gasteiger partial charge in [0.05, 0.1) is 0 Å². The van der Waals surface area contributed by atoms with Crippen LogP contribution >= 0.6 is 0 Å². The third-order valence-electron chi connectivity index (χ3n) is 2.13. The molecule has 0 radical (unpaired) electrons. The molecule has 0 amide bonds. The van der Waals surface area contributed by atoms with Gasteiger partial charge in [-0.25, -0.2) is 0 Å². The summed E-state index contributed by atoms with van der Waals surface area (Å²) in [6.45, 7) is 6.74. The van der Waals surface area contributed by atoms with E-state index < -0.39 is 0 Å². The molecule has 1 heteroatoms. The van der Waals surface area contributed by atoms with Crippen LogP contribution in [0.4, 0.5) is 0 Å². The quantitative estimate of drug-likeness (QED) is 0.511. The van der Waals surface area contributed by atoms with Crippen molar-refractivity contribution in [2.24, 2.45) is 11.1 Å². The molecule has 1 unspecified atom stereocenters. The molecule has 1 atom stereocenters. The fraction of sp³-hybridized carbons (Fsp3) is 0.778. The summed E-state index contributed by atoms with van der Waals surface area (Å²) in [4.78, 5) is 0. The number of rotatable bonds is 0. The van der Waals surface area contributed by atoms with Gasteiger partial charge in [-0.2, -0.15) is 0 Å². The maximum Gasteiger partial charge on any atom is 0.0229 e. The molecule has 0 fully saturated rings. The smallest absolute Gasteiger partial charge is 0.0229 e. The van der Waals surface area contributed by atoms with Gasteiger partial charge < -0.3 is 5.73 Å². The molecule has 0 saturated carbocycles. The van der Waals surface area contributed by atoms with Crippen LogP contribution in [0.1, 0.15) is 33.6 Å².